The number of hydrogen-bond donors (Lipinski definition) is 0. The quantitative estimate of drug-likeness (QED) is 0.830. The molecule has 1 fully saturated rings. The number of aryl methyl sites for hydroxylation is 1. The monoisotopic (exact) mass is 277 g/mol. The zero-order chi connectivity index (χ0) is 13.7. The first kappa shape index (κ1) is 14.5. The van der Waals surface area contributed by atoms with Crippen molar-refractivity contribution < 1.29 is 0 Å². The topological polar surface area (TPSA) is 39.9 Å². The zero-order valence-corrected chi connectivity index (χ0v) is 12.8. The molecular formula is C15H23N3S. The van der Waals surface area contributed by atoms with Gasteiger partial charge in [-0.05, 0) is 38.3 Å². The highest BCUT2D eigenvalue weighted by atomic mass is 32.1. The fraction of sp³-hybridized carbons (Fsp3) is 0.733. The highest BCUT2D eigenvalue weighted by molar-refractivity contribution is 7.11. The van der Waals surface area contributed by atoms with Gasteiger partial charge in [-0.3, -0.25) is 0 Å². The molecule has 0 amide bonds. The summed E-state index contributed by atoms with van der Waals surface area (Å²) in [7, 11) is 0. The summed E-state index contributed by atoms with van der Waals surface area (Å²) >= 11 is 1.74. The van der Waals surface area contributed by atoms with E-state index in [1.165, 1.54) is 35.8 Å². The van der Waals surface area contributed by atoms with Gasteiger partial charge < -0.3 is 4.90 Å². The minimum atomic E-state index is 0.516. The number of nitrogens with zero attached hydrogens (tertiary/aromatic N) is 3. The van der Waals surface area contributed by atoms with Crippen LogP contribution in [0.15, 0.2) is 0 Å². The standard InChI is InChI=1S/C15H23N3S/c1-3-13-14(4-8-16)19-15(17-13)7-11-18-9-5-12(2)6-10-18/h12H,3-7,9-11H2,1-2H3. The van der Waals surface area contributed by atoms with Gasteiger partial charge >= 0.3 is 0 Å². The Morgan fingerprint density at radius 2 is 2.16 bits per heavy atom. The summed E-state index contributed by atoms with van der Waals surface area (Å²) in [6.07, 6.45) is 5.16. The van der Waals surface area contributed by atoms with Gasteiger partial charge in [-0.2, -0.15) is 5.26 Å². The highest BCUT2D eigenvalue weighted by Gasteiger charge is 2.16. The Labute approximate surface area is 120 Å². The second kappa shape index (κ2) is 7.02. The van der Waals surface area contributed by atoms with E-state index in [1.54, 1.807) is 11.3 Å². The molecule has 0 aliphatic carbocycles. The largest absolute Gasteiger partial charge is 0.303 e. The lowest BCUT2D eigenvalue weighted by molar-refractivity contribution is 0.194. The molecule has 0 spiro atoms. The molecule has 0 N–H and O–H groups in total. The third-order valence-corrected chi connectivity index (χ3v) is 5.07. The van der Waals surface area contributed by atoms with Gasteiger partial charge in [0, 0.05) is 17.8 Å². The fourth-order valence-corrected chi connectivity index (χ4v) is 3.65. The molecule has 1 aromatic rings. The van der Waals surface area contributed by atoms with Crippen molar-refractivity contribution in [3.05, 3.63) is 15.6 Å². The van der Waals surface area contributed by atoms with E-state index in [9.17, 15) is 0 Å². The van der Waals surface area contributed by atoms with E-state index in [-0.39, 0.29) is 0 Å². The molecule has 1 aromatic heterocycles. The maximum Gasteiger partial charge on any atom is 0.0944 e. The number of piperidine rings is 1. The van der Waals surface area contributed by atoms with E-state index in [2.05, 4.69) is 29.8 Å². The molecule has 1 aliphatic rings. The summed E-state index contributed by atoms with van der Waals surface area (Å²) < 4.78 is 0. The number of aromatic nitrogens is 1. The average molecular weight is 277 g/mol. The van der Waals surface area contributed by atoms with Crippen molar-refractivity contribution in [1.82, 2.24) is 9.88 Å². The van der Waals surface area contributed by atoms with Gasteiger partial charge in [0.1, 0.15) is 0 Å². The summed E-state index contributed by atoms with van der Waals surface area (Å²) in [6.45, 7) is 8.05. The van der Waals surface area contributed by atoms with Crippen molar-refractivity contribution >= 4 is 11.3 Å². The summed E-state index contributed by atoms with van der Waals surface area (Å²) in [5, 5.41) is 10.0. The Morgan fingerprint density at radius 3 is 2.79 bits per heavy atom. The van der Waals surface area contributed by atoms with E-state index in [4.69, 9.17) is 5.26 Å². The van der Waals surface area contributed by atoms with Crippen LogP contribution in [0.2, 0.25) is 0 Å². The lowest BCUT2D eigenvalue weighted by Crippen LogP contribution is -2.34. The molecule has 0 aromatic carbocycles. The second-order valence-corrected chi connectivity index (χ2v) is 6.61. The minimum Gasteiger partial charge on any atom is -0.303 e. The Kier molecular flexibility index (Phi) is 5.35. The van der Waals surface area contributed by atoms with Crippen LogP contribution in [0.4, 0.5) is 0 Å². The van der Waals surface area contributed by atoms with Crippen LogP contribution in [-0.2, 0) is 19.3 Å². The number of nitriles is 1. The maximum atomic E-state index is 8.83. The molecule has 0 radical (unpaired) electrons. The molecule has 2 rings (SSSR count). The molecular weight excluding hydrogens is 254 g/mol. The molecule has 0 atom stereocenters. The predicted octanol–water partition coefficient (Wildman–Crippen LogP) is 3.05. The van der Waals surface area contributed by atoms with Crippen LogP contribution in [-0.4, -0.2) is 29.5 Å². The summed E-state index contributed by atoms with van der Waals surface area (Å²) in [5.74, 6) is 0.894. The van der Waals surface area contributed by atoms with E-state index in [0.29, 0.717) is 6.42 Å². The van der Waals surface area contributed by atoms with E-state index in [1.807, 2.05) is 0 Å². The van der Waals surface area contributed by atoms with E-state index in [0.717, 1.165) is 31.0 Å². The van der Waals surface area contributed by atoms with E-state index >= 15 is 0 Å². The SMILES string of the molecule is CCc1nc(CCN2CCC(C)CC2)sc1CC#N. The van der Waals surface area contributed by atoms with Crippen molar-refractivity contribution in [2.45, 2.75) is 46.0 Å². The summed E-state index contributed by atoms with van der Waals surface area (Å²) in [5.41, 5.74) is 1.13. The van der Waals surface area contributed by atoms with Crippen LogP contribution in [0.1, 0.15) is 42.3 Å². The molecule has 0 unspecified atom stereocenters. The number of hydrogen-bond acceptors (Lipinski definition) is 4. The molecule has 104 valence electrons. The van der Waals surface area contributed by atoms with Gasteiger partial charge in [0.2, 0.25) is 0 Å². The number of rotatable bonds is 5. The molecule has 1 saturated heterocycles. The first-order valence-corrected chi connectivity index (χ1v) is 8.11. The van der Waals surface area contributed by atoms with Gasteiger partial charge in [0.05, 0.1) is 23.2 Å². The van der Waals surface area contributed by atoms with Gasteiger partial charge in [-0.25, -0.2) is 4.98 Å². The van der Waals surface area contributed by atoms with Crippen LogP contribution in [0.25, 0.3) is 0 Å². The third-order valence-electron chi connectivity index (χ3n) is 3.92. The first-order valence-electron chi connectivity index (χ1n) is 7.29. The zero-order valence-electron chi connectivity index (χ0n) is 12.0. The fourth-order valence-electron chi connectivity index (χ4n) is 2.57. The maximum absolute atomic E-state index is 8.83. The van der Waals surface area contributed by atoms with Crippen LogP contribution in [0.5, 0.6) is 0 Å². The predicted molar refractivity (Wildman–Crippen MR) is 79.4 cm³/mol. The Hall–Kier alpha value is -0.920. The summed E-state index contributed by atoms with van der Waals surface area (Å²) in [4.78, 5) is 8.41. The summed E-state index contributed by atoms with van der Waals surface area (Å²) in [6, 6.07) is 2.24. The van der Waals surface area contributed by atoms with Gasteiger partial charge in [0.25, 0.3) is 0 Å². The molecule has 2 heterocycles. The lowest BCUT2D eigenvalue weighted by atomic mass is 9.99. The Morgan fingerprint density at radius 1 is 1.42 bits per heavy atom. The molecule has 3 nitrogen and oxygen atoms in total. The Balaban J connectivity index is 1.87. The van der Waals surface area contributed by atoms with Crippen LogP contribution in [0, 0.1) is 17.2 Å². The van der Waals surface area contributed by atoms with Crippen LogP contribution < -0.4 is 0 Å². The van der Waals surface area contributed by atoms with Crippen molar-refractivity contribution in [1.29, 1.82) is 5.26 Å². The van der Waals surface area contributed by atoms with Crippen molar-refractivity contribution in [3.8, 4) is 6.07 Å². The first-order chi connectivity index (χ1) is 9.22. The van der Waals surface area contributed by atoms with Crippen molar-refractivity contribution in [2.24, 2.45) is 5.92 Å². The molecule has 0 saturated carbocycles. The normalized spacial score (nSPS) is 17.5. The van der Waals surface area contributed by atoms with Crippen molar-refractivity contribution in [3.63, 3.8) is 0 Å². The highest BCUT2D eigenvalue weighted by Crippen LogP contribution is 2.21. The van der Waals surface area contributed by atoms with E-state index < -0.39 is 0 Å². The minimum absolute atomic E-state index is 0.516. The van der Waals surface area contributed by atoms with Crippen LogP contribution >= 0.6 is 11.3 Å². The van der Waals surface area contributed by atoms with Gasteiger partial charge in [0.15, 0.2) is 0 Å². The van der Waals surface area contributed by atoms with Crippen molar-refractivity contribution in [2.75, 3.05) is 19.6 Å². The second-order valence-electron chi connectivity index (χ2n) is 5.44. The van der Waals surface area contributed by atoms with Crippen LogP contribution in [0.3, 0.4) is 0 Å². The smallest absolute Gasteiger partial charge is 0.0944 e. The number of thiazole rings is 1. The lowest BCUT2D eigenvalue weighted by Gasteiger charge is -2.29. The molecule has 0 bridgehead atoms. The van der Waals surface area contributed by atoms with Gasteiger partial charge in [-0.1, -0.05) is 13.8 Å². The average Bonchev–Trinajstić information content (AvgIpc) is 2.81. The third kappa shape index (κ3) is 4.02. The number of likely N-dealkylation sites (tertiary alicyclic amines) is 1. The molecule has 1 aliphatic heterocycles. The van der Waals surface area contributed by atoms with Gasteiger partial charge in [-0.15, -0.1) is 11.3 Å². The molecule has 19 heavy (non-hydrogen) atoms. The Bertz CT molecular complexity index is 439. The molecule has 4 heteroatoms.